The number of aromatic nitrogens is 2. The predicted molar refractivity (Wildman–Crippen MR) is 105 cm³/mol. The Morgan fingerprint density at radius 2 is 1.70 bits per heavy atom. The Kier molecular flexibility index (Phi) is 5.94. The average Bonchev–Trinajstić information content (AvgIpc) is 2.66. The van der Waals surface area contributed by atoms with Gasteiger partial charge < -0.3 is 4.74 Å². The van der Waals surface area contributed by atoms with Gasteiger partial charge in [-0.25, -0.2) is 4.98 Å². The molecule has 0 aliphatic heterocycles. The summed E-state index contributed by atoms with van der Waals surface area (Å²) in [5.41, 5.74) is 2.16. The predicted octanol–water partition coefficient (Wildman–Crippen LogP) is 4.27. The molecular weight excluding hydrogens is 387 g/mol. The Morgan fingerprint density at radius 1 is 1.04 bits per heavy atom. The molecule has 0 atom stereocenters. The fraction of sp³-hybridized carbons (Fsp3) is 0.150. The molecule has 0 fully saturated rings. The van der Waals surface area contributed by atoms with Crippen LogP contribution in [0, 0.1) is 6.92 Å². The molecule has 0 radical (unpaired) electrons. The molecule has 3 rings (SSSR count). The summed E-state index contributed by atoms with van der Waals surface area (Å²) in [6, 6.07) is 16.6. The normalized spacial score (nSPS) is 10.6. The van der Waals surface area contributed by atoms with Gasteiger partial charge in [0, 0.05) is 5.56 Å². The summed E-state index contributed by atoms with van der Waals surface area (Å²) >= 11 is 12.2. The molecule has 1 heterocycles. The van der Waals surface area contributed by atoms with E-state index >= 15 is 0 Å². The Bertz CT molecular complexity index is 1030. The van der Waals surface area contributed by atoms with Crippen LogP contribution in [0.5, 0.6) is 0 Å². The number of carbonyl (C=O) groups excluding carboxylic acids is 1. The maximum atomic E-state index is 12.5. The van der Waals surface area contributed by atoms with E-state index in [1.165, 1.54) is 4.57 Å². The van der Waals surface area contributed by atoms with E-state index in [-0.39, 0.29) is 23.5 Å². The smallest absolute Gasteiger partial charge is 0.326 e. The molecule has 1 aromatic heterocycles. The summed E-state index contributed by atoms with van der Waals surface area (Å²) in [6.07, 6.45) is 0. The Labute approximate surface area is 166 Å². The number of benzene rings is 2. The van der Waals surface area contributed by atoms with Gasteiger partial charge in [0.25, 0.3) is 5.56 Å². The van der Waals surface area contributed by atoms with Gasteiger partial charge in [0.05, 0.1) is 5.69 Å². The van der Waals surface area contributed by atoms with E-state index in [1.54, 1.807) is 6.07 Å². The molecule has 0 aliphatic rings. The summed E-state index contributed by atoms with van der Waals surface area (Å²) in [6.45, 7) is 1.67. The van der Waals surface area contributed by atoms with Crippen molar-refractivity contribution in [3.63, 3.8) is 0 Å². The summed E-state index contributed by atoms with van der Waals surface area (Å²) in [5, 5.41) is -0.252. The van der Waals surface area contributed by atoms with Crippen LogP contribution >= 0.6 is 23.2 Å². The largest absolute Gasteiger partial charge is 0.459 e. The number of hydrogen-bond donors (Lipinski definition) is 0. The van der Waals surface area contributed by atoms with Crippen molar-refractivity contribution in [2.75, 3.05) is 0 Å². The molecule has 3 aromatic rings. The summed E-state index contributed by atoms with van der Waals surface area (Å²) in [5.74, 6) is -0.575. The quantitative estimate of drug-likeness (QED) is 0.597. The van der Waals surface area contributed by atoms with Crippen LogP contribution in [0.4, 0.5) is 0 Å². The second kappa shape index (κ2) is 8.37. The number of aryl methyl sites for hydroxylation is 1. The average molecular weight is 403 g/mol. The third-order valence-electron chi connectivity index (χ3n) is 4.01. The number of rotatable bonds is 5. The molecule has 7 heteroatoms. The molecule has 0 saturated heterocycles. The van der Waals surface area contributed by atoms with Crippen LogP contribution < -0.4 is 5.56 Å². The standard InChI is InChI=1S/C20H16Cl2N2O3/c1-13-7-5-6-10-15(13)17-18(21)23-19(22)20(26)24(17)11-16(25)27-12-14-8-3-2-4-9-14/h2-10H,11-12H2,1H3. The van der Waals surface area contributed by atoms with E-state index in [0.717, 1.165) is 11.1 Å². The molecule has 0 unspecified atom stereocenters. The number of ether oxygens (including phenoxy) is 1. The van der Waals surface area contributed by atoms with Crippen LogP contribution in [0.1, 0.15) is 11.1 Å². The number of esters is 1. The van der Waals surface area contributed by atoms with Crippen molar-refractivity contribution in [2.45, 2.75) is 20.1 Å². The topological polar surface area (TPSA) is 61.2 Å². The first-order valence-electron chi connectivity index (χ1n) is 8.18. The molecule has 0 aliphatic carbocycles. The van der Waals surface area contributed by atoms with Crippen molar-refractivity contribution in [1.82, 2.24) is 9.55 Å². The molecule has 0 saturated carbocycles. The van der Waals surface area contributed by atoms with Crippen molar-refractivity contribution in [2.24, 2.45) is 0 Å². The maximum Gasteiger partial charge on any atom is 0.326 e. The van der Waals surface area contributed by atoms with Crippen LogP contribution in [-0.2, 0) is 22.7 Å². The highest BCUT2D eigenvalue weighted by Gasteiger charge is 2.20. The first-order chi connectivity index (χ1) is 13.0. The Hall–Kier alpha value is -2.63. The highest BCUT2D eigenvalue weighted by atomic mass is 35.5. The van der Waals surface area contributed by atoms with Crippen molar-refractivity contribution in [1.29, 1.82) is 0 Å². The van der Waals surface area contributed by atoms with E-state index in [4.69, 9.17) is 27.9 Å². The zero-order valence-corrected chi connectivity index (χ0v) is 16.0. The van der Waals surface area contributed by atoms with Gasteiger partial charge in [0.1, 0.15) is 13.2 Å². The van der Waals surface area contributed by atoms with Crippen molar-refractivity contribution >= 4 is 29.2 Å². The second-order valence-electron chi connectivity index (χ2n) is 5.89. The van der Waals surface area contributed by atoms with Crippen LogP contribution in [0.3, 0.4) is 0 Å². The molecular formula is C20H16Cl2N2O3. The van der Waals surface area contributed by atoms with Gasteiger partial charge in [0.15, 0.2) is 10.3 Å². The van der Waals surface area contributed by atoms with Crippen LogP contribution in [-0.4, -0.2) is 15.5 Å². The first kappa shape index (κ1) is 19.1. The molecule has 2 aromatic carbocycles. The zero-order valence-electron chi connectivity index (χ0n) is 14.5. The van der Waals surface area contributed by atoms with Crippen LogP contribution in [0.25, 0.3) is 11.3 Å². The second-order valence-corrected chi connectivity index (χ2v) is 6.61. The van der Waals surface area contributed by atoms with Crippen LogP contribution in [0.15, 0.2) is 59.4 Å². The molecule has 0 N–H and O–H groups in total. The van der Waals surface area contributed by atoms with Crippen molar-refractivity contribution in [3.8, 4) is 11.3 Å². The maximum absolute atomic E-state index is 12.5. The lowest BCUT2D eigenvalue weighted by Crippen LogP contribution is -2.28. The summed E-state index contributed by atoms with van der Waals surface area (Å²) in [4.78, 5) is 28.8. The van der Waals surface area contributed by atoms with Crippen molar-refractivity contribution < 1.29 is 9.53 Å². The minimum Gasteiger partial charge on any atom is -0.459 e. The van der Waals surface area contributed by atoms with Gasteiger partial charge in [-0.3, -0.25) is 14.2 Å². The SMILES string of the molecule is Cc1ccccc1-c1c(Cl)nc(Cl)c(=O)n1CC(=O)OCc1ccccc1. The third-order valence-corrected chi connectivity index (χ3v) is 4.52. The van der Waals surface area contributed by atoms with E-state index in [2.05, 4.69) is 4.98 Å². The van der Waals surface area contributed by atoms with Gasteiger partial charge in [-0.2, -0.15) is 0 Å². The zero-order chi connectivity index (χ0) is 19.4. The van der Waals surface area contributed by atoms with Crippen molar-refractivity contribution in [3.05, 3.63) is 86.4 Å². The van der Waals surface area contributed by atoms with Gasteiger partial charge in [-0.1, -0.05) is 77.8 Å². The summed E-state index contributed by atoms with van der Waals surface area (Å²) in [7, 11) is 0. The highest BCUT2D eigenvalue weighted by molar-refractivity contribution is 6.33. The lowest BCUT2D eigenvalue weighted by molar-refractivity contribution is -0.145. The van der Waals surface area contributed by atoms with E-state index in [0.29, 0.717) is 11.3 Å². The van der Waals surface area contributed by atoms with Gasteiger partial charge in [-0.15, -0.1) is 0 Å². The number of hydrogen-bond acceptors (Lipinski definition) is 4. The number of nitrogens with zero attached hydrogens (tertiary/aromatic N) is 2. The van der Waals surface area contributed by atoms with E-state index in [1.807, 2.05) is 55.5 Å². The lowest BCUT2D eigenvalue weighted by Gasteiger charge is -2.16. The Morgan fingerprint density at radius 3 is 2.41 bits per heavy atom. The molecule has 0 bridgehead atoms. The van der Waals surface area contributed by atoms with Gasteiger partial charge >= 0.3 is 5.97 Å². The van der Waals surface area contributed by atoms with E-state index in [9.17, 15) is 9.59 Å². The van der Waals surface area contributed by atoms with Gasteiger partial charge in [0.2, 0.25) is 0 Å². The highest BCUT2D eigenvalue weighted by Crippen LogP contribution is 2.28. The third kappa shape index (κ3) is 4.38. The minimum atomic E-state index is -0.601. The van der Waals surface area contributed by atoms with Crippen LogP contribution in [0.2, 0.25) is 10.3 Å². The minimum absolute atomic E-state index is 0.0461. The van der Waals surface area contributed by atoms with E-state index < -0.39 is 11.5 Å². The number of halogens is 2. The van der Waals surface area contributed by atoms with Gasteiger partial charge in [-0.05, 0) is 18.1 Å². The number of carbonyl (C=O) groups is 1. The molecule has 0 amide bonds. The fourth-order valence-electron chi connectivity index (χ4n) is 2.67. The molecule has 27 heavy (non-hydrogen) atoms. The Balaban J connectivity index is 1.93. The molecule has 138 valence electrons. The first-order valence-corrected chi connectivity index (χ1v) is 8.94. The molecule has 0 spiro atoms. The lowest BCUT2D eigenvalue weighted by atomic mass is 10.1. The monoisotopic (exact) mass is 402 g/mol. The summed E-state index contributed by atoms with van der Waals surface area (Å²) < 4.78 is 6.48. The fourth-order valence-corrected chi connectivity index (χ4v) is 3.19. The molecule has 5 nitrogen and oxygen atoms in total.